The summed E-state index contributed by atoms with van der Waals surface area (Å²) in [7, 11) is 0. The lowest BCUT2D eigenvalue weighted by atomic mass is 10.2. The Kier molecular flexibility index (Phi) is 7.55. The van der Waals surface area contributed by atoms with E-state index in [1.165, 1.54) is 12.1 Å². The van der Waals surface area contributed by atoms with Crippen molar-refractivity contribution in [1.29, 1.82) is 0 Å². The number of rotatable bonds is 8. The lowest BCUT2D eigenvalue weighted by molar-refractivity contribution is 0.526. The fourth-order valence-electron chi connectivity index (χ4n) is 1.58. The van der Waals surface area contributed by atoms with E-state index in [4.69, 9.17) is 6.42 Å². The molecule has 1 rings (SSSR count). The summed E-state index contributed by atoms with van der Waals surface area (Å²) in [5.41, 5.74) is 0. The normalized spacial score (nSPS) is 12.1. The highest BCUT2D eigenvalue weighted by atomic mass is 32.2. The van der Waals surface area contributed by atoms with Crippen molar-refractivity contribution in [2.45, 2.75) is 37.1 Å². The van der Waals surface area contributed by atoms with Crippen LogP contribution < -0.4 is 5.32 Å². The molecule has 0 radical (unpaired) electrons. The van der Waals surface area contributed by atoms with Gasteiger partial charge >= 0.3 is 0 Å². The highest BCUT2D eigenvalue weighted by molar-refractivity contribution is 7.99. The number of terminal acetylenes is 1. The van der Waals surface area contributed by atoms with Gasteiger partial charge in [0, 0.05) is 23.1 Å². The summed E-state index contributed by atoms with van der Waals surface area (Å²) in [6, 6.07) is 7.06. The van der Waals surface area contributed by atoms with E-state index in [2.05, 4.69) is 18.2 Å². The minimum absolute atomic E-state index is 0.188. The fraction of sp³-hybridized carbons (Fsp3) is 0.467. The predicted octanol–water partition coefficient (Wildman–Crippen LogP) is 3.70. The van der Waals surface area contributed by atoms with Crippen LogP contribution in [-0.4, -0.2) is 18.3 Å². The number of nitrogens with one attached hydrogen (secondary N) is 1. The molecule has 0 fully saturated rings. The molecule has 0 aliphatic carbocycles. The number of hydrogen-bond acceptors (Lipinski definition) is 2. The van der Waals surface area contributed by atoms with Gasteiger partial charge < -0.3 is 5.32 Å². The third kappa shape index (κ3) is 6.09. The van der Waals surface area contributed by atoms with Gasteiger partial charge in [0.15, 0.2) is 0 Å². The molecule has 1 unspecified atom stereocenters. The number of halogens is 1. The van der Waals surface area contributed by atoms with E-state index in [0.29, 0.717) is 6.04 Å². The van der Waals surface area contributed by atoms with E-state index >= 15 is 0 Å². The topological polar surface area (TPSA) is 12.0 Å². The molecule has 0 aromatic heterocycles. The average molecular weight is 265 g/mol. The van der Waals surface area contributed by atoms with Crippen LogP contribution in [0.5, 0.6) is 0 Å². The van der Waals surface area contributed by atoms with E-state index in [0.717, 1.165) is 36.5 Å². The molecule has 0 saturated heterocycles. The van der Waals surface area contributed by atoms with E-state index < -0.39 is 0 Å². The summed E-state index contributed by atoms with van der Waals surface area (Å²) in [6.07, 6.45) is 8.21. The predicted molar refractivity (Wildman–Crippen MR) is 77.3 cm³/mol. The summed E-state index contributed by atoms with van der Waals surface area (Å²) in [5.74, 6) is 3.46. The van der Waals surface area contributed by atoms with E-state index in [-0.39, 0.29) is 5.82 Å². The van der Waals surface area contributed by atoms with Gasteiger partial charge in [-0.2, -0.15) is 0 Å². The zero-order chi connectivity index (χ0) is 13.2. The van der Waals surface area contributed by atoms with Gasteiger partial charge in [0.25, 0.3) is 0 Å². The summed E-state index contributed by atoms with van der Waals surface area (Å²) in [4.78, 5) is 1.10. The van der Waals surface area contributed by atoms with Crippen molar-refractivity contribution in [3.8, 4) is 12.3 Å². The van der Waals surface area contributed by atoms with Crippen molar-refractivity contribution in [3.63, 3.8) is 0 Å². The molecule has 0 saturated carbocycles. The maximum Gasteiger partial charge on any atom is 0.123 e. The van der Waals surface area contributed by atoms with Crippen LogP contribution in [-0.2, 0) is 0 Å². The Bertz CT molecular complexity index is 369. The Morgan fingerprint density at radius 3 is 2.72 bits per heavy atom. The van der Waals surface area contributed by atoms with Gasteiger partial charge in [-0.05, 0) is 43.7 Å². The smallest absolute Gasteiger partial charge is 0.123 e. The molecule has 1 atom stereocenters. The highest BCUT2D eigenvalue weighted by Gasteiger charge is 2.07. The first kappa shape index (κ1) is 15.1. The first-order chi connectivity index (χ1) is 8.76. The lowest BCUT2D eigenvalue weighted by Gasteiger charge is -2.17. The van der Waals surface area contributed by atoms with Crippen molar-refractivity contribution in [2.24, 2.45) is 0 Å². The highest BCUT2D eigenvalue weighted by Crippen LogP contribution is 2.20. The van der Waals surface area contributed by atoms with Gasteiger partial charge in [0.1, 0.15) is 5.82 Å². The SMILES string of the molecule is C#CCCC(CSc1ccc(F)cc1)NCCC. The summed E-state index contributed by atoms with van der Waals surface area (Å²) in [5, 5.41) is 3.50. The van der Waals surface area contributed by atoms with Gasteiger partial charge in [-0.25, -0.2) is 4.39 Å². The first-order valence-electron chi connectivity index (χ1n) is 6.31. The summed E-state index contributed by atoms with van der Waals surface area (Å²) in [6.45, 7) is 3.16. The molecule has 1 N–H and O–H groups in total. The summed E-state index contributed by atoms with van der Waals surface area (Å²) >= 11 is 1.74. The second-order valence-corrected chi connectivity index (χ2v) is 5.25. The minimum atomic E-state index is -0.188. The molecule has 1 aromatic rings. The Hall–Kier alpha value is -0.980. The summed E-state index contributed by atoms with van der Waals surface area (Å²) < 4.78 is 12.8. The molecule has 3 heteroatoms. The van der Waals surface area contributed by atoms with Crippen LogP contribution in [0.1, 0.15) is 26.2 Å². The molecule has 1 aromatic carbocycles. The van der Waals surface area contributed by atoms with E-state index in [1.807, 2.05) is 12.1 Å². The van der Waals surface area contributed by atoms with Gasteiger partial charge in [-0.1, -0.05) is 6.92 Å². The Morgan fingerprint density at radius 2 is 2.11 bits per heavy atom. The Labute approximate surface area is 114 Å². The van der Waals surface area contributed by atoms with Crippen molar-refractivity contribution in [1.82, 2.24) is 5.32 Å². The molecule has 0 aliphatic rings. The second kappa shape index (κ2) is 9.02. The van der Waals surface area contributed by atoms with Crippen molar-refractivity contribution >= 4 is 11.8 Å². The largest absolute Gasteiger partial charge is 0.313 e. The molecule has 0 aliphatic heterocycles. The molecular formula is C15H20FNS. The number of thioether (sulfide) groups is 1. The van der Waals surface area contributed by atoms with Crippen LogP contribution in [0.25, 0.3) is 0 Å². The first-order valence-corrected chi connectivity index (χ1v) is 7.30. The monoisotopic (exact) mass is 265 g/mol. The van der Waals surface area contributed by atoms with Crippen LogP contribution in [0.4, 0.5) is 4.39 Å². The van der Waals surface area contributed by atoms with Gasteiger partial charge in [-0.15, -0.1) is 24.1 Å². The van der Waals surface area contributed by atoms with E-state index in [1.54, 1.807) is 11.8 Å². The van der Waals surface area contributed by atoms with Crippen LogP contribution in [0.2, 0.25) is 0 Å². The van der Waals surface area contributed by atoms with Crippen LogP contribution in [0.3, 0.4) is 0 Å². The molecule has 0 bridgehead atoms. The van der Waals surface area contributed by atoms with Crippen molar-refractivity contribution in [2.75, 3.05) is 12.3 Å². The van der Waals surface area contributed by atoms with Crippen LogP contribution >= 0.6 is 11.8 Å². The number of benzene rings is 1. The molecule has 98 valence electrons. The Morgan fingerprint density at radius 1 is 1.39 bits per heavy atom. The van der Waals surface area contributed by atoms with Crippen molar-refractivity contribution < 1.29 is 4.39 Å². The van der Waals surface area contributed by atoms with Crippen LogP contribution in [0, 0.1) is 18.2 Å². The maximum absolute atomic E-state index is 12.8. The molecule has 1 nitrogen and oxygen atoms in total. The Balaban J connectivity index is 2.40. The van der Waals surface area contributed by atoms with Gasteiger partial charge in [-0.3, -0.25) is 0 Å². The second-order valence-electron chi connectivity index (χ2n) is 4.16. The standard InChI is InChI=1S/C15H20FNS/c1-3-5-6-14(17-11-4-2)12-18-15-9-7-13(16)8-10-15/h1,7-10,14,17H,4-6,11-12H2,2H3. The zero-order valence-electron chi connectivity index (χ0n) is 10.8. The maximum atomic E-state index is 12.8. The molecule has 0 heterocycles. The molecular weight excluding hydrogens is 245 g/mol. The minimum Gasteiger partial charge on any atom is -0.313 e. The number of hydrogen-bond donors (Lipinski definition) is 1. The van der Waals surface area contributed by atoms with E-state index in [9.17, 15) is 4.39 Å². The van der Waals surface area contributed by atoms with Crippen LogP contribution in [0.15, 0.2) is 29.2 Å². The van der Waals surface area contributed by atoms with Crippen molar-refractivity contribution in [3.05, 3.63) is 30.1 Å². The van der Waals surface area contributed by atoms with Gasteiger partial charge in [0.2, 0.25) is 0 Å². The third-order valence-corrected chi connectivity index (χ3v) is 3.76. The van der Waals surface area contributed by atoms with Gasteiger partial charge in [0.05, 0.1) is 0 Å². The fourth-order valence-corrected chi connectivity index (χ4v) is 2.58. The third-order valence-electron chi connectivity index (χ3n) is 2.58. The molecule has 18 heavy (non-hydrogen) atoms. The quantitative estimate of drug-likeness (QED) is 0.568. The molecule has 0 amide bonds. The average Bonchev–Trinajstić information content (AvgIpc) is 2.40. The zero-order valence-corrected chi connectivity index (χ0v) is 11.6. The lowest BCUT2D eigenvalue weighted by Crippen LogP contribution is -2.31. The molecule has 0 spiro atoms.